The van der Waals surface area contributed by atoms with Crippen LogP contribution in [0.5, 0.6) is 11.5 Å². The predicted octanol–water partition coefficient (Wildman–Crippen LogP) is 8.17. The quantitative estimate of drug-likeness (QED) is 0.304. The molecule has 0 unspecified atom stereocenters. The average molecular weight is 503 g/mol. The summed E-state index contributed by atoms with van der Waals surface area (Å²) < 4.78 is 11.9. The van der Waals surface area contributed by atoms with Crippen LogP contribution in [0.1, 0.15) is 68.6 Å². The minimum atomic E-state index is -0.737. The number of allylic oxidation sites excluding steroid dienone is 2. The highest BCUT2D eigenvalue weighted by Crippen LogP contribution is 2.50. The second-order valence-corrected chi connectivity index (χ2v) is 11.5. The van der Waals surface area contributed by atoms with E-state index in [-0.39, 0.29) is 17.8 Å². The number of benzene rings is 2. The molecule has 0 bridgehead atoms. The van der Waals surface area contributed by atoms with Gasteiger partial charge in [0.25, 0.3) is 0 Å². The lowest BCUT2D eigenvalue weighted by atomic mass is 9.80. The first-order valence-corrected chi connectivity index (χ1v) is 13.6. The molecule has 0 radical (unpaired) electrons. The van der Waals surface area contributed by atoms with Crippen LogP contribution in [0, 0.1) is 11.3 Å². The number of carboxylic acids is 1. The van der Waals surface area contributed by atoms with E-state index in [0.717, 1.165) is 48.3 Å². The van der Waals surface area contributed by atoms with E-state index in [1.807, 2.05) is 36.4 Å². The molecule has 2 aliphatic carbocycles. The molecule has 0 aliphatic heterocycles. The van der Waals surface area contributed by atoms with E-state index in [0.29, 0.717) is 12.5 Å². The maximum Gasteiger partial charge on any atom is 0.303 e. The highest BCUT2D eigenvalue weighted by Gasteiger charge is 2.34. The van der Waals surface area contributed by atoms with Gasteiger partial charge in [0, 0.05) is 16.0 Å². The summed E-state index contributed by atoms with van der Waals surface area (Å²) in [5, 5.41) is 11.6. The van der Waals surface area contributed by atoms with Gasteiger partial charge in [-0.15, -0.1) is 11.3 Å². The van der Waals surface area contributed by atoms with Gasteiger partial charge >= 0.3 is 5.97 Å². The smallest absolute Gasteiger partial charge is 0.303 e. The van der Waals surface area contributed by atoms with Crippen molar-refractivity contribution in [1.29, 1.82) is 0 Å². The Balaban J connectivity index is 1.44. The SMILES string of the molecule is COc1cccc(-c2scc(COc3cccc([C@@H](CC(=O)O)C4CC4)c3)c2C2=CCCC2(C)C)c1. The molecule has 4 nitrogen and oxygen atoms in total. The molecule has 1 fully saturated rings. The molecule has 1 aromatic heterocycles. The number of methoxy groups -OCH3 is 1. The minimum Gasteiger partial charge on any atom is -0.497 e. The summed E-state index contributed by atoms with van der Waals surface area (Å²) in [5.74, 6) is 1.45. The van der Waals surface area contributed by atoms with Gasteiger partial charge in [-0.3, -0.25) is 4.79 Å². The number of carbonyl (C=O) groups is 1. The Kier molecular flexibility index (Phi) is 6.94. The van der Waals surface area contributed by atoms with Crippen molar-refractivity contribution in [2.45, 2.75) is 58.5 Å². The molecular formula is C31H34O4S. The van der Waals surface area contributed by atoms with Gasteiger partial charge in [-0.2, -0.15) is 0 Å². The Labute approximate surface area is 217 Å². The molecule has 2 aromatic carbocycles. The van der Waals surface area contributed by atoms with Crippen LogP contribution < -0.4 is 9.47 Å². The molecule has 0 amide bonds. The van der Waals surface area contributed by atoms with Gasteiger partial charge in [-0.1, -0.05) is 44.2 Å². The van der Waals surface area contributed by atoms with Crippen molar-refractivity contribution in [3.05, 3.63) is 76.7 Å². The van der Waals surface area contributed by atoms with E-state index in [9.17, 15) is 9.90 Å². The Hall–Kier alpha value is -3.05. The topological polar surface area (TPSA) is 55.8 Å². The molecule has 3 aromatic rings. The number of hydrogen-bond acceptors (Lipinski definition) is 4. The molecule has 0 saturated heterocycles. The van der Waals surface area contributed by atoms with Crippen molar-refractivity contribution in [1.82, 2.24) is 0 Å². The first-order chi connectivity index (χ1) is 17.4. The lowest BCUT2D eigenvalue weighted by Gasteiger charge is -2.24. The van der Waals surface area contributed by atoms with Crippen LogP contribution in [0.2, 0.25) is 0 Å². The minimum absolute atomic E-state index is 0.0619. The first-order valence-electron chi connectivity index (χ1n) is 12.8. The molecule has 1 atom stereocenters. The zero-order valence-electron chi connectivity index (χ0n) is 21.3. The summed E-state index contributed by atoms with van der Waals surface area (Å²) in [6.07, 6.45) is 7.02. The van der Waals surface area contributed by atoms with E-state index in [4.69, 9.17) is 9.47 Å². The molecule has 0 spiro atoms. The summed E-state index contributed by atoms with van der Waals surface area (Å²) >= 11 is 1.76. The van der Waals surface area contributed by atoms with Crippen molar-refractivity contribution in [3.63, 3.8) is 0 Å². The van der Waals surface area contributed by atoms with Crippen LogP contribution in [0.15, 0.2) is 60.0 Å². The van der Waals surface area contributed by atoms with Crippen LogP contribution in [-0.2, 0) is 11.4 Å². The standard InChI is InChI=1S/C31H34O4S/c1-31(2)14-6-11-27(31)29-23(19-36-30(29)22-8-5-9-24(16-22)34-3)18-35-25-10-4-7-21(15-25)26(17-28(32)33)20-12-13-20/h4-5,7-11,15-16,19-20,26H,6,12-14,17-18H2,1-3H3,(H,32,33)/t26-/m0/s1. The monoisotopic (exact) mass is 502 g/mol. The largest absolute Gasteiger partial charge is 0.497 e. The number of hydrogen-bond donors (Lipinski definition) is 1. The zero-order valence-corrected chi connectivity index (χ0v) is 22.1. The molecule has 5 rings (SSSR count). The average Bonchev–Trinajstić information content (AvgIpc) is 3.53. The molecule has 5 heteroatoms. The van der Waals surface area contributed by atoms with Crippen LogP contribution >= 0.6 is 11.3 Å². The molecule has 188 valence electrons. The van der Waals surface area contributed by atoms with E-state index in [2.05, 4.69) is 37.4 Å². The van der Waals surface area contributed by atoms with Crippen molar-refractivity contribution in [3.8, 4) is 21.9 Å². The van der Waals surface area contributed by atoms with Crippen LogP contribution in [0.4, 0.5) is 0 Å². The van der Waals surface area contributed by atoms with Crippen molar-refractivity contribution < 1.29 is 19.4 Å². The highest BCUT2D eigenvalue weighted by atomic mass is 32.1. The predicted molar refractivity (Wildman–Crippen MR) is 146 cm³/mol. The van der Waals surface area contributed by atoms with Gasteiger partial charge in [0.2, 0.25) is 0 Å². The normalized spacial score (nSPS) is 17.5. The third-order valence-electron chi connectivity index (χ3n) is 7.58. The Morgan fingerprint density at radius 3 is 2.61 bits per heavy atom. The van der Waals surface area contributed by atoms with E-state index >= 15 is 0 Å². The Morgan fingerprint density at radius 2 is 1.92 bits per heavy atom. The molecular weight excluding hydrogens is 468 g/mol. The summed E-state index contributed by atoms with van der Waals surface area (Å²) in [5.41, 5.74) is 6.20. The van der Waals surface area contributed by atoms with Gasteiger partial charge < -0.3 is 14.6 Å². The number of carboxylic acid groups (broad SMARTS) is 1. The fourth-order valence-electron chi connectivity index (χ4n) is 5.44. The summed E-state index contributed by atoms with van der Waals surface area (Å²) in [6.45, 7) is 5.13. The lowest BCUT2D eigenvalue weighted by Crippen LogP contribution is -2.11. The van der Waals surface area contributed by atoms with Crippen LogP contribution in [-0.4, -0.2) is 18.2 Å². The van der Waals surface area contributed by atoms with Crippen molar-refractivity contribution in [2.24, 2.45) is 11.3 Å². The number of ether oxygens (including phenoxy) is 2. The van der Waals surface area contributed by atoms with E-state index in [1.165, 1.54) is 21.6 Å². The number of aliphatic carboxylic acids is 1. The van der Waals surface area contributed by atoms with Crippen molar-refractivity contribution in [2.75, 3.05) is 7.11 Å². The van der Waals surface area contributed by atoms with Gasteiger partial charge in [0.15, 0.2) is 0 Å². The van der Waals surface area contributed by atoms with E-state index in [1.54, 1.807) is 18.4 Å². The van der Waals surface area contributed by atoms with Gasteiger partial charge in [0.1, 0.15) is 18.1 Å². The summed E-state index contributed by atoms with van der Waals surface area (Å²) in [6, 6.07) is 16.3. The number of rotatable bonds is 10. The van der Waals surface area contributed by atoms with Gasteiger partial charge in [0.05, 0.1) is 13.5 Å². The summed E-state index contributed by atoms with van der Waals surface area (Å²) in [7, 11) is 1.70. The van der Waals surface area contributed by atoms with Gasteiger partial charge in [-0.25, -0.2) is 0 Å². The molecule has 1 heterocycles. The van der Waals surface area contributed by atoms with Crippen molar-refractivity contribution >= 4 is 22.9 Å². The Morgan fingerprint density at radius 1 is 1.14 bits per heavy atom. The first kappa shape index (κ1) is 24.6. The summed E-state index contributed by atoms with van der Waals surface area (Å²) in [4.78, 5) is 12.7. The molecule has 1 saturated carbocycles. The van der Waals surface area contributed by atoms with E-state index < -0.39 is 5.97 Å². The fraction of sp³-hybridized carbons (Fsp3) is 0.387. The molecule has 2 aliphatic rings. The zero-order chi connectivity index (χ0) is 25.3. The van der Waals surface area contributed by atoms with Crippen LogP contribution in [0.25, 0.3) is 16.0 Å². The van der Waals surface area contributed by atoms with Gasteiger partial charge in [-0.05, 0) is 89.3 Å². The second kappa shape index (κ2) is 10.1. The third kappa shape index (κ3) is 5.22. The fourth-order valence-corrected chi connectivity index (χ4v) is 6.51. The maximum absolute atomic E-state index is 11.4. The highest BCUT2D eigenvalue weighted by molar-refractivity contribution is 7.14. The lowest BCUT2D eigenvalue weighted by molar-refractivity contribution is -0.137. The second-order valence-electron chi connectivity index (χ2n) is 10.6. The maximum atomic E-state index is 11.4. The molecule has 1 N–H and O–H groups in total. The third-order valence-corrected chi connectivity index (χ3v) is 8.66. The Bertz CT molecular complexity index is 1280. The van der Waals surface area contributed by atoms with Crippen LogP contribution in [0.3, 0.4) is 0 Å². The number of thiophene rings is 1. The molecule has 36 heavy (non-hydrogen) atoms.